The molecule has 0 aliphatic carbocycles. The monoisotopic (exact) mass is 588 g/mol. The lowest BCUT2D eigenvalue weighted by Crippen LogP contribution is -2.51. The number of hydrogen-bond donors (Lipinski definition) is 2. The summed E-state index contributed by atoms with van der Waals surface area (Å²) in [4.78, 5) is 18.6. The van der Waals surface area contributed by atoms with Crippen LogP contribution in [0.4, 0.5) is 14.6 Å². The van der Waals surface area contributed by atoms with Gasteiger partial charge < -0.3 is 24.8 Å². The minimum absolute atomic E-state index is 0.0608. The summed E-state index contributed by atoms with van der Waals surface area (Å²) in [6.07, 6.45) is 6.82. The van der Waals surface area contributed by atoms with Crippen LogP contribution in [0.25, 0.3) is 32.9 Å². The molecule has 4 aliphatic heterocycles. The number of benzene rings is 2. The van der Waals surface area contributed by atoms with Crippen molar-refractivity contribution in [2.75, 3.05) is 44.8 Å². The third-order valence-corrected chi connectivity index (χ3v) is 9.90. The molecular weight excluding hydrogens is 554 g/mol. The summed E-state index contributed by atoms with van der Waals surface area (Å²) in [6, 6.07) is 8.12. The number of phenols is 1. The molecule has 2 bridgehead atoms. The van der Waals surface area contributed by atoms with Gasteiger partial charge in [0.15, 0.2) is 5.82 Å². The minimum atomic E-state index is -0.708. The number of rotatable bonds is 6. The van der Waals surface area contributed by atoms with E-state index < -0.39 is 11.6 Å². The second kappa shape index (κ2) is 10.2. The predicted octanol–water partition coefficient (Wildman–Crippen LogP) is 4.40. The molecule has 2 aromatic heterocycles. The van der Waals surface area contributed by atoms with Crippen LogP contribution in [0, 0.1) is 11.6 Å². The Balaban J connectivity index is 1.24. The van der Waals surface area contributed by atoms with Gasteiger partial charge in [0.2, 0.25) is 0 Å². The van der Waals surface area contributed by atoms with Crippen LogP contribution in [0.3, 0.4) is 0 Å². The number of hydrogen-bond acceptors (Lipinski definition) is 9. The second-order valence-corrected chi connectivity index (χ2v) is 12.5. The van der Waals surface area contributed by atoms with Gasteiger partial charge in [-0.05, 0) is 62.2 Å². The second-order valence-electron chi connectivity index (χ2n) is 12.5. The molecule has 4 saturated heterocycles. The van der Waals surface area contributed by atoms with Gasteiger partial charge in [0.1, 0.15) is 35.2 Å². The maximum Gasteiger partial charge on any atom is 0.319 e. The van der Waals surface area contributed by atoms with Crippen LogP contribution in [-0.4, -0.2) is 88.6 Å². The van der Waals surface area contributed by atoms with E-state index in [4.69, 9.17) is 14.5 Å². The highest BCUT2D eigenvalue weighted by molar-refractivity contribution is 6.00. The first-order chi connectivity index (χ1) is 20.9. The maximum atomic E-state index is 16.6. The number of anilines is 1. The molecule has 43 heavy (non-hydrogen) atoms. The highest BCUT2D eigenvalue weighted by atomic mass is 19.1. The molecule has 6 heterocycles. The molecule has 8 rings (SSSR count). The van der Waals surface area contributed by atoms with Gasteiger partial charge in [0.05, 0.1) is 17.0 Å². The summed E-state index contributed by atoms with van der Waals surface area (Å²) in [5, 5.41) is 15.2. The third kappa shape index (κ3) is 4.47. The number of fused-ring (bicyclic) bond motifs is 5. The van der Waals surface area contributed by atoms with Crippen molar-refractivity contribution in [2.24, 2.45) is 0 Å². The Hall–Kier alpha value is -3.67. The molecule has 224 valence electrons. The molecule has 9 nitrogen and oxygen atoms in total. The topological polar surface area (TPSA) is 95.9 Å². The molecule has 2 N–H and O–H groups in total. The summed E-state index contributed by atoms with van der Waals surface area (Å²) in [7, 11) is 1.75. The molecule has 0 spiro atoms. The van der Waals surface area contributed by atoms with E-state index in [-0.39, 0.29) is 45.6 Å². The van der Waals surface area contributed by atoms with Crippen LogP contribution in [0.1, 0.15) is 32.1 Å². The number of phenolic OH excluding ortho intramolecular Hbond substituents is 1. The molecule has 2 aromatic carbocycles. The summed E-state index contributed by atoms with van der Waals surface area (Å²) >= 11 is 0. The van der Waals surface area contributed by atoms with Crippen LogP contribution in [-0.2, 0) is 4.74 Å². The Labute approximate surface area is 247 Å². The van der Waals surface area contributed by atoms with Crippen molar-refractivity contribution < 1.29 is 23.4 Å². The summed E-state index contributed by atoms with van der Waals surface area (Å²) < 4.78 is 43.7. The van der Waals surface area contributed by atoms with E-state index >= 15 is 8.78 Å². The fourth-order valence-electron chi connectivity index (χ4n) is 7.86. The lowest BCUT2D eigenvalue weighted by atomic mass is 9.94. The predicted molar refractivity (Wildman–Crippen MR) is 158 cm³/mol. The van der Waals surface area contributed by atoms with Crippen LogP contribution in [0.15, 0.2) is 36.5 Å². The fourth-order valence-corrected chi connectivity index (χ4v) is 7.86. The number of aromatic nitrogens is 3. The molecule has 2 unspecified atom stereocenters. The number of nitrogens with one attached hydrogen (secondary N) is 1. The Kier molecular flexibility index (Phi) is 6.39. The van der Waals surface area contributed by atoms with Crippen LogP contribution < -0.4 is 15.0 Å². The van der Waals surface area contributed by atoms with Crippen molar-refractivity contribution >= 4 is 27.5 Å². The number of ether oxygens (including phenoxy) is 2. The van der Waals surface area contributed by atoms with Crippen LogP contribution in [0.2, 0.25) is 0 Å². The zero-order chi connectivity index (χ0) is 29.3. The van der Waals surface area contributed by atoms with Gasteiger partial charge in [-0.25, -0.2) is 8.78 Å². The lowest BCUT2D eigenvalue weighted by Gasteiger charge is -2.34. The average molecular weight is 589 g/mol. The Bertz CT molecular complexity index is 1730. The van der Waals surface area contributed by atoms with Gasteiger partial charge in [-0.15, -0.1) is 0 Å². The molecule has 11 heteroatoms. The SMILES string of the molecule is COC1CN2CCCC2(COc2nc(N3C[C@H]4CC[C@@H](C3)N4)c3cnc(-c4cc(O)cc5cccc(F)c45)c(F)c3n2)C1. The van der Waals surface area contributed by atoms with Crippen molar-refractivity contribution in [3.8, 4) is 23.0 Å². The van der Waals surface area contributed by atoms with Gasteiger partial charge >= 0.3 is 6.01 Å². The number of piperazine rings is 1. The van der Waals surface area contributed by atoms with Crippen molar-refractivity contribution in [1.82, 2.24) is 25.2 Å². The molecule has 4 atom stereocenters. The zero-order valence-corrected chi connectivity index (χ0v) is 24.0. The Morgan fingerprint density at radius 1 is 1.12 bits per heavy atom. The zero-order valence-electron chi connectivity index (χ0n) is 24.0. The minimum Gasteiger partial charge on any atom is -0.508 e. The van der Waals surface area contributed by atoms with E-state index in [1.807, 2.05) is 0 Å². The highest BCUT2D eigenvalue weighted by Crippen LogP contribution is 2.41. The molecular formula is C32H34F2N6O3. The maximum absolute atomic E-state index is 16.6. The van der Waals surface area contributed by atoms with Gasteiger partial charge in [-0.2, -0.15) is 9.97 Å². The Morgan fingerprint density at radius 2 is 1.95 bits per heavy atom. The number of pyridine rings is 1. The molecule has 0 saturated carbocycles. The number of aromatic hydroxyl groups is 1. The third-order valence-electron chi connectivity index (χ3n) is 9.90. The fraction of sp³-hybridized carbons (Fsp3) is 0.469. The largest absolute Gasteiger partial charge is 0.508 e. The molecule has 4 fully saturated rings. The quantitative estimate of drug-likeness (QED) is 0.340. The van der Waals surface area contributed by atoms with Crippen molar-refractivity contribution in [3.05, 3.63) is 48.2 Å². The first kappa shape index (κ1) is 26.9. The van der Waals surface area contributed by atoms with E-state index in [9.17, 15) is 5.11 Å². The highest BCUT2D eigenvalue weighted by Gasteiger charge is 2.49. The normalized spacial score (nSPS) is 27.0. The molecule has 0 radical (unpaired) electrons. The molecule has 0 amide bonds. The standard InChI is InChI=1S/C32H34F2N6O3/c1-42-22-12-32(8-3-9-40(32)16-22)17-43-31-37-29-24(30(38-31)39-14-19-6-7-20(15-39)36-19)13-35-28(27(29)34)23-11-21(41)10-18-4-2-5-25(33)26(18)23/h2,4-5,10-11,13,19-20,22,36,41H,3,6-9,12,14-17H2,1H3/t19-,20+,22?,32?. The van der Waals surface area contributed by atoms with E-state index in [2.05, 4.69) is 25.1 Å². The van der Waals surface area contributed by atoms with Gasteiger partial charge in [0.25, 0.3) is 0 Å². The smallest absolute Gasteiger partial charge is 0.319 e. The van der Waals surface area contributed by atoms with Gasteiger partial charge in [0, 0.05) is 56.0 Å². The number of nitrogens with zero attached hydrogens (tertiary/aromatic N) is 5. The molecule has 4 aromatic rings. The van der Waals surface area contributed by atoms with E-state index in [0.29, 0.717) is 35.3 Å². The van der Waals surface area contributed by atoms with Gasteiger partial charge in [-0.1, -0.05) is 12.1 Å². The van der Waals surface area contributed by atoms with E-state index in [0.717, 1.165) is 58.3 Å². The average Bonchev–Trinajstić information content (AvgIpc) is 3.67. The van der Waals surface area contributed by atoms with Crippen molar-refractivity contribution in [3.63, 3.8) is 0 Å². The summed E-state index contributed by atoms with van der Waals surface area (Å²) in [5.41, 5.74) is -0.0281. The first-order valence-electron chi connectivity index (χ1n) is 15.1. The lowest BCUT2D eigenvalue weighted by molar-refractivity contribution is 0.0997. The van der Waals surface area contributed by atoms with Crippen molar-refractivity contribution in [2.45, 2.75) is 55.8 Å². The van der Waals surface area contributed by atoms with E-state index in [1.165, 1.54) is 18.2 Å². The number of methoxy groups -OCH3 is 1. The van der Waals surface area contributed by atoms with Crippen LogP contribution >= 0.6 is 0 Å². The number of halogens is 2. The Morgan fingerprint density at radius 3 is 2.77 bits per heavy atom. The van der Waals surface area contributed by atoms with Crippen LogP contribution in [0.5, 0.6) is 11.8 Å². The van der Waals surface area contributed by atoms with E-state index in [1.54, 1.807) is 25.4 Å². The van der Waals surface area contributed by atoms with Gasteiger partial charge in [-0.3, -0.25) is 9.88 Å². The van der Waals surface area contributed by atoms with Crippen molar-refractivity contribution in [1.29, 1.82) is 0 Å². The summed E-state index contributed by atoms with van der Waals surface area (Å²) in [6.45, 7) is 3.72. The first-order valence-corrected chi connectivity index (χ1v) is 15.1. The molecule has 4 aliphatic rings. The summed E-state index contributed by atoms with van der Waals surface area (Å²) in [5.74, 6) is -0.751.